The third-order valence-electron chi connectivity index (χ3n) is 12.7. The summed E-state index contributed by atoms with van der Waals surface area (Å²) in [7, 11) is 4.80. The van der Waals surface area contributed by atoms with Crippen molar-refractivity contribution in [3.05, 3.63) is 214 Å². The quantitative estimate of drug-likeness (QED) is 0.0372. The third-order valence-corrected chi connectivity index (χ3v) is 12.7. The molecule has 9 rings (SSSR count). The molecule has 86 heavy (non-hydrogen) atoms. The van der Waals surface area contributed by atoms with Gasteiger partial charge in [-0.15, -0.1) is 0 Å². The molecule has 3 heterocycles. The summed E-state index contributed by atoms with van der Waals surface area (Å²) in [5.41, 5.74) is 13.4. The second-order valence-electron chi connectivity index (χ2n) is 18.8. The van der Waals surface area contributed by atoms with Gasteiger partial charge in [-0.1, -0.05) is 36.4 Å². The summed E-state index contributed by atoms with van der Waals surface area (Å²) in [6.07, 6.45) is 0.461. The number of carboxylic acids is 2. The minimum atomic E-state index is -0.981. The summed E-state index contributed by atoms with van der Waals surface area (Å²) in [5, 5.41) is 23.4. The molecule has 6 N–H and O–H groups in total. The molecule has 0 aliphatic heterocycles. The fourth-order valence-corrected chi connectivity index (χ4v) is 8.18. The molecule has 0 bridgehead atoms. The van der Waals surface area contributed by atoms with Crippen molar-refractivity contribution in [1.29, 1.82) is 0 Å². The number of amides is 2. The number of carboxylic acid groups (broad SMARTS) is 2. The molecule has 0 unspecified atom stereocenters. The topological polar surface area (TPSA) is 279 Å². The molecule has 446 valence electrons. The number of anilines is 3. The summed E-state index contributed by atoms with van der Waals surface area (Å²) >= 11 is 0. The summed E-state index contributed by atoms with van der Waals surface area (Å²) < 4.78 is 42.0. The van der Waals surface area contributed by atoms with Crippen molar-refractivity contribution in [1.82, 2.24) is 0 Å². The molecule has 6 aromatic carbocycles. The Labute approximate surface area is 497 Å². The van der Waals surface area contributed by atoms with E-state index < -0.39 is 11.9 Å². The average molecular weight is 1170 g/mol. The van der Waals surface area contributed by atoms with Gasteiger partial charge in [-0.05, 0) is 179 Å². The lowest BCUT2D eigenvalue weighted by Gasteiger charge is -2.06. The zero-order chi connectivity index (χ0) is 62.3. The van der Waals surface area contributed by atoms with Crippen molar-refractivity contribution in [3.63, 3.8) is 0 Å². The molecule has 0 aliphatic carbocycles. The van der Waals surface area contributed by atoms with Crippen LogP contribution in [0.1, 0.15) is 78.9 Å². The number of carbonyl (C=O) groups is 6. The van der Waals surface area contributed by atoms with Gasteiger partial charge in [0.25, 0.3) is 11.8 Å². The molecular formula is C67H67N3O16. The van der Waals surface area contributed by atoms with Crippen LogP contribution in [-0.2, 0) is 43.1 Å². The van der Waals surface area contributed by atoms with E-state index in [1.807, 2.05) is 72.8 Å². The fourth-order valence-electron chi connectivity index (χ4n) is 8.18. The van der Waals surface area contributed by atoms with Crippen molar-refractivity contribution in [2.75, 3.05) is 50.9 Å². The smallest absolute Gasteiger partial charge is 0.339 e. The molecule has 9 aromatic rings. The van der Waals surface area contributed by atoms with Gasteiger partial charge in [0.05, 0.1) is 64.9 Å². The monoisotopic (exact) mass is 1170 g/mol. The normalized spacial score (nSPS) is 10.3. The SMILES string of the molecule is CCOC(=O)Cc1ccc(N)cc1.CCOC(=O)Cc1ccc(NC(=O)c2cc(-c3ccc(OC)cc3)oc2C)cc1.COc1ccc(-c2cc(C(=O)Nc3ccc(CC(=O)O)cc3)c(C)o2)cc1.COc1ccc(-c2cc(C(=O)O)c(C)o2)cc1. The van der Waals surface area contributed by atoms with Crippen LogP contribution in [0.5, 0.6) is 17.2 Å². The molecule has 0 radical (unpaired) electrons. The molecule has 0 spiro atoms. The van der Waals surface area contributed by atoms with Gasteiger partial charge in [0.1, 0.15) is 57.4 Å². The highest BCUT2D eigenvalue weighted by Crippen LogP contribution is 2.31. The summed E-state index contributed by atoms with van der Waals surface area (Å²) in [5.74, 6) is 2.54. The highest BCUT2D eigenvalue weighted by Gasteiger charge is 2.19. The van der Waals surface area contributed by atoms with Crippen molar-refractivity contribution < 1.29 is 75.9 Å². The molecule has 19 nitrogen and oxygen atoms in total. The number of aliphatic carboxylic acids is 1. The standard InChI is InChI=1S/C23H23NO5.C21H19NO5.C13H12O4.C10H13NO2/c1-4-28-22(25)13-16-5-9-18(10-6-16)24-23(26)20-14-21(29-15(20)2)17-7-11-19(27-3)12-8-17;1-13-18(12-19(27-13)15-5-9-17(26-2)10-6-15)21(25)22-16-7-3-14(4-8-16)11-20(23)24;1-8-11(13(14)15)7-12(17-8)9-3-5-10(16-2)6-4-9;1-2-13-10(12)7-8-3-5-9(11)6-4-8/h5-12,14H,4,13H2,1-3H3,(H,24,26);3-10,12H,11H2,1-2H3,(H,22,25)(H,23,24);3-7H,1-2H3,(H,14,15);3-6H,2,7,11H2,1H3. The number of esters is 2. The Balaban J connectivity index is 0.000000192. The highest BCUT2D eigenvalue weighted by molar-refractivity contribution is 6.06. The number of nitrogens with one attached hydrogen (secondary N) is 2. The molecule has 0 atom stereocenters. The van der Waals surface area contributed by atoms with E-state index in [0.29, 0.717) is 87.9 Å². The van der Waals surface area contributed by atoms with Gasteiger partial charge in [0, 0.05) is 33.8 Å². The number of hydrogen-bond acceptors (Lipinski definition) is 15. The van der Waals surface area contributed by atoms with E-state index in [2.05, 4.69) is 10.6 Å². The van der Waals surface area contributed by atoms with Gasteiger partial charge in [-0.2, -0.15) is 0 Å². The summed E-state index contributed by atoms with van der Waals surface area (Å²) in [4.78, 5) is 69.4. The van der Waals surface area contributed by atoms with Gasteiger partial charge in [-0.3, -0.25) is 24.0 Å². The lowest BCUT2D eigenvalue weighted by molar-refractivity contribution is -0.143. The van der Waals surface area contributed by atoms with E-state index in [0.717, 1.165) is 45.1 Å². The number of furan rings is 3. The van der Waals surface area contributed by atoms with Crippen molar-refractivity contribution in [2.45, 2.75) is 53.9 Å². The number of aryl methyl sites for hydroxylation is 3. The van der Waals surface area contributed by atoms with E-state index >= 15 is 0 Å². The summed E-state index contributed by atoms with van der Waals surface area (Å²) in [6.45, 7) is 9.47. The fraction of sp³-hybridized carbons (Fsp3) is 0.194. The van der Waals surface area contributed by atoms with Crippen molar-refractivity contribution in [2.24, 2.45) is 0 Å². The molecule has 0 saturated heterocycles. The molecular weight excluding hydrogens is 1100 g/mol. The second kappa shape index (κ2) is 31.6. The number of methoxy groups -OCH3 is 3. The largest absolute Gasteiger partial charge is 0.497 e. The second-order valence-corrected chi connectivity index (χ2v) is 18.8. The van der Waals surface area contributed by atoms with Gasteiger partial charge < -0.3 is 63.5 Å². The number of aromatic carboxylic acids is 1. The molecule has 3 aromatic heterocycles. The highest BCUT2D eigenvalue weighted by atomic mass is 16.5. The van der Waals surface area contributed by atoms with Crippen LogP contribution in [0, 0.1) is 20.8 Å². The minimum absolute atomic E-state index is 0.0553. The van der Waals surface area contributed by atoms with Gasteiger partial charge in [0.15, 0.2) is 0 Å². The Morgan fingerprint density at radius 2 is 0.733 bits per heavy atom. The van der Waals surface area contributed by atoms with Crippen molar-refractivity contribution >= 4 is 52.8 Å². The number of rotatable bonds is 19. The van der Waals surface area contributed by atoms with Gasteiger partial charge >= 0.3 is 23.9 Å². The Morgan fingerprint density at radius 1 is 0.430 bits per heavy atom. The number of carbonyl (C=O) groups excluding carboxylic acids is 4. The van der Waals surface area contributed by atoms with E-state index in [1.165, 1.54) is 6.07 Å². The predicted octanol–water partition coefficient (Wildman–Crippen LogP) is 13.1. The molecule has 19 heteroatoms. The predicted molar refractivity (Wildman–Crippen MR) is 325 cm³/mol. The maximum atomic E-state index is 12.7. The number of hydrogen-bond donors (Lipinski definition) is 5. The number of benzene rings is 6. The van der Waals surface area contributed by atoms with Crippen molar-refractivity contribution in [3.8, 4) is 51.2 Å². The van der Waals surface area contributed by atoms with Crippen LogP contribution in [-0.4, -0.2) is 80.4 Å². The van der Waals surface area contributed by atoms with Crippen LogP contribution in [0.2, 0.25) is 0 Å². The van der Waals surface area contributed by atoms with E-state index in [-0.39, 0.29) is 42.2 Å². The Morgan fingerprint density at radius 3 is 1.02 bits per heavy atom. The Bertz CT molecular complexity index is 3690. The number of nitrogen functional groups attached to an aromatic ring is 1. The first-order valence-corrected chi connectivity index (χ1v) is 27.0. The maximum Gasteiger partial charge on any atom is 0.339 e. The van der Waals surface area contributed by atoms with Crippen LogP contribution in [0.3, 0.4) is 0 Å². The third kappa shape index (κ3) is 19.1. The first-order chi connectivity index (χ1) is 41.3. The number of ether oxygens (including phenoxy) is 5. The first-order valence-electron chi connectivity index (χ1n) is 27.0. The minimum Gasteiger partial charge on any atom is -0.497 e. The Kier molecular flexibility index (Phi) is 23.6. The lowest BCUT2D eigenvalue weighted by Crippen LogP contribution is -2.12. The van der Waals surface area contributed by atoms with Crippen LogP contribution in [0.25, 0.3) is 34.0 Å². The molecule has 0 saturated carbocycles. The van der Waals surface area contributed by atoms with Crippen LogP contribution >= 0.6 is 0 Å². The zero-order valence-electron chi connectivity index (χ0n) is 48.8. The molecule has 0 aliphatic rings. The van der Waals surface area contributed by atoms with Gasteiger partial charge in [0.2, 0.25) is 0 Å². The van der Waals surface area contributed by atoms with E-state index in [4.69, 9.17) is 52.9 Å². The van der Waals surface area contributed by atoms with Crippen LogP contribution < -0.4 is 30.6 Å². The number of nitrogens with two attached hydrogens (primary N) is 1. The summed E-state index contributed by atoms with van der Waals surface area (Å²) in [6, 6.07) is 48.0. The maximum absolute atomic E-state index is 12.7. The molecule has 0 fully saturated rings. The van der Waals surface area contributed by atoms with E-state index in [9.17, 15) is 28.8 Å². The Hall–Kier alpha value is -10.8. The van der Waals surface area contributed by atoms with Crippen LogP contribution in [0.15, 0.2) is 177 Å². The molecule has 2 amide bonds. The van der Waals surface area contributed by atoms with Gasteiger partial charge in [-0.25, -0.2) is 4.79 Å². The lowest BCUT2D eigenvalue weighted by atomic mass is 10.1. The van der Waals surface area contributed by atoms with Crippen LogP contribution in [0.4, 0.5) is 17.1 Å². The van der Waals surface area contributed by atoms with E-state index in [1.54, 1.807) is 141 Å². The average Bonchev–Trinajstić information content (AvgIpc) is 4.03. The zero-order valence-corrected chi connectivity index (χ0v) is 48.8. The first kappa shape index (κ1) is 64.3.